The SMILES string of the molecule is CCCCCCCCCCCCCC(=O)Nc1cccc(C2C(C(=O)Nc3ccccc3OC)=C(C)N=C3SCCCN32)c1. The fraction of sp³-hybridized carbons (Fsp3) is 0.528. The van der Waals surface area contributed by atoms with Gasteiger partial charge >= 0.3 is 0 Å². The first-order valence-corrected chi connectivity index (χ1v) is 17.5. The van der Waals surface area contributed by atoms with Gasteiger partial charge in [0.1, 0.15) is 5.75 Å². The molecule has 0 bridgehead atoms. The maximum Gasteiger partial charge on any atom is 0.255 e. The summed E-state index contributed by atoms with van der Waals surface area (Å²) in [4.78, 5) is 33.8. The van der Waals surface area contributed by atoms with Gasteiger partial charge in [0.15, 0.2) is 5.17 Å². The molecule has 238 valence electrons. The van der Waals surface area contributed by atoms with Gasteiger partial charge in [0.25, 0.3) is 5.91 Å². The number of benzene rings is 2. The van der Waals surface area contributed by atoms with E-state index in [1.165, 1.54) is 57.8 Å². The van der Waals surface area contributed by atoms with E-state index in [9.17, 15) is 9.59 Å². The number of aliphatic imine (C=N–C) groups is 1. The van der Waals surface area contributed by atoms with Gasteiger partial charge in [-0.15, -0.1) is 0 Å². The molecule has 1 atom stereocenters. The first-order chi connectivity index (χ1) is 21.5. The molecular formula is C36H50N4O3S. The topological polar surface area (TPSA) is 83.0 Å². The molecule has 2 amide bonds. The van der Waals surface area contributed by atoms with Crippen LogP contribution in [0.3, 0.4) is 0 Å². The molecule has 44 heavy (non-hydrogen) atoms. The van der Waals surface area contributed by atoms with Crippen molar-refractivity contribution in [3.8, 4) is 5.75 Å². The fourth-order valence-electron chi connectivity index (χ4n) is 6.00. The van der Waals surface area contributed by atoms with Crippen LogP contribution in [0.2, 0.25) is 0 Å². The first-order valence-electron chi connectivity index (χ1n) is 16.5. The molecule has 8 heteroatoms. The van der Waals surface area contributed by atoms with Gasteiger partial charge in [0.2, 0.25) is 5.91 Å². The number of carbonyl (C=O) groups is 2. The zero-order valence-electron chi connectivity index (χ0n) is 26.8. The van der Waals surface area contributed by atoms with Crippen molar-refractivity contribution in [2.24, 2.45) is 4.99 Å². The molecule has 0 spiro atoms. The Morgan fingerprint density at radius 2 is 1.64 bits per heavy atom. The monoisotopic (exact) mass is 618 g/mol. The molecule has 1 fully saturated rings. The second-order valence-electron chi connectivity index (χ2n) is 11.8. The Morgan fingerprint density at radius 1 is 0.932 bits per heavy atom. The number of nitrogens with zero attached hydrogens (tertiary/aromatic N) is 2. The summed E-state index contributed by atoms with van der Waals surface area (Å²) in [6, 6.07) is 15.0. The van der Waals surface area contributed by atoms with Gasteiger partial charge in [-0.05, 0) is 49.6 Å². The van der Waals surface area contributed by atoms with Crippen LogP contribution in [0.25, 0.3) is 0 Å². The number of carbonyl (C=O) groups excluding carboxylic acids is 2. The third kappa shape index (κ3) is 9.62. The summed E-state index contributed by atoms with van der Waals surface area (Å²) >= 11 is 1.73. The molecule has 4 rings (SSSR count). The van der Waals surface area contributed by atoms with Crippen molar-refractivity contribution in [3.63, 3.8) is 0 Å². The van der Waals surface area contributed by atoms with Crippen molar-refractivity contribution in [3.05, 3.63) is 65.4 Å². The van der Waals surface area contributed by atoms with Gasteiger partial charge in [-0.2, -0.15) is 0 Å². The normalized spacial score (nSPS) is 16.3. The number of hydrogen-bond acceptors (Lipinski definition) is 6. The zero-order valence-corrected chi connectivity index (χ0v) is 27.6. The number of anilines is 2. The third-order valence-electron chi connectivity index (χ3n) is 8.35. The lowest BCUT2D eigenvalue weighted by Crippen LogP contribution is -2.43. The standard InChI is InChI=1S/C36H50N4O3S/c1-4-5-6-7-8-9-10-11-12-13-14-23-32(41)38-29-20-17-19-28(26-29)34-33(27(2)37-36-40(34)24-18-25-44-36)35(42)39-30-21-15-16-22-31(30)43-3/h15-17,19-22,26,34H,4-14,18,23-25H2,1-3H3,(H,38,41)(H,39,42). The molecule has 0 saturated carbocycles. The molecule has 2 aromatic rings. The Labute approximate surface area is 268 Å². The molecular weight excluding hydrogens is 568 g/mol. The van der Waals surface area contributed by atoms with Gasteiger partial charge in [-0.3, -0.25) is 9.59 Å². The average molecular weight is 619 g/mol. The van der Waals surface area contributed by atoms with E-state index in [0.717, 1.165) is 48.0 Å². The molecule has 1 saturated heterocycles. The third-order valence-corrected chi connectivity index (χ3v) is 9.43. The number of rotatable bonds is 17. The van der Waals surface area contributed by atoms with Gasteiger partial charge in [0.05, 0.1) is 30.1 Å². The van der Waals surface area contributed by atoms with Gasteiger partial charge in [0, 0.05) is 24.4 Å². The van der Waals surface area contributed by atoms with Crippen LogP contribution in [0.4, 0.5) is 11.4 Å². The minimum atomic E-state index is -0.312. The van der Waals surface area contributed by atoms with Crippen LogP contribution in [0.5, 0.6) is 5.75 Å². The minimum absolute atomic E-state index is 0.0401. The molecule has 2 N–H and O–H groups in total. The Balaban J connectivity index is 1.37. The first kappa shape index (κ1) is 33.6. The molecule has 2 aromatic carbocycles. The number of ether oxygens (including phenoxy) is 1. The molecule has 0 aliphatic carbocycles. The Bertz CT molecular complexity index is 1310. The van der Waals surface area contributed by atoms with Crippen LogP contribution in [0.15, 0.2) is 64.8 Å². The van der Waals surface area contributed by atoms with Gasteiger partial charge in [-0.1, -0.05) is 107 Å². The second kappa shape index (κ2) is 17.9. The summed E-state index contributed by atoms with van der Waals surface area (Å²) in [6.45, 7) is 4.97. The van der Waals surface area contributed by atoms with Gasteiger partial charge in [-0.25, -0.2) is 4.99 Å². The van der Waals surface area contributed by atoms with E-state index < -0.39 is 0 Å². The highest BCUT2D eigenvalue weighted by molar-refractivity contribution is 8.13. The highest BCUT2D eigenvalue weighted by atomic mass is 32.2. The van der Waals surface area contributed by atoms with Crippen LogP contribution in [-0.2, 0) is 9.59 Å². The van der Waals surface area contributed by atoms with Crippen molar-refractivity contribution in [1.82, 2.24) is 4.90 Å². The number of fused-ring (bicyclic) bond motifs is 1. The van der Waals surface area contributed by atoms with Crippen molar-refractivity contribution in [2.45, 2.75) is 103 Å². The predicted octanol–water partition coefficient (Wildman–Crippen LogP) is 9.10. The number of amidine groups is 1. The number of amides is 2. The van der Waals surface area contributed by atoms with E-state index in [1.54, 1.807) is 18.9 Å². The number of nitrogens with one attached hydrogen (secondary N) is 2. The number of allylic oxidation sites excluding steroid dienone is 1. The van der Waals surface area contributed by atoms with Gasteiger partial charge < -0.3 is 20.3 Å². The molecule has 2 aliphatic heterocycles. The van der Waals surface area contributed by atoms with Crippen molar-refractivity contribution < 1.29 is 14.3 Å². The second-order valence-corrected chi connectivity index (χ2v) is 12.9. The summed E-state index contributed by atoms with van der Waals surface area (Å²) in [5.74, 6) is 1.44. The molecule has 0 radical (unpaired) electrons. The summed E-state index contributed by atoms with van der Waals surface area (Å²) in [5.41, 5.74) is 3.63. The largest absolute Gasteiger partial charge is 0.495 e. The van der Waals surface area contributed by atoms with E-state index >= 15 is 0 Å². The molecule has 2 heterocycles. The lowest BCUT2D eigenvalue weighted by Gasteiger charge is -2.41. The van der Waals surface area contributed by atoms with E-state index in [4.69, 9.17) is 9.73 Å². The lowest BCUT2D eigenvalue weighted by atomic mass is 9.93. The van der Waals surface area contributed by atoms with Crippen molar-refractivity contribution in [1.29, 1.82) is 0 Å². The Kier molecular flexibility index (Phi) is 13.7. The van der Waals surface area contributed by atoms with Crippen LogP contribution >= 0.6 is 11.8 Å². The molecule has 0 aromatic heterocycles. The number of para-hydroxylation sites is 2. The van der Waals surface area contributed by atoms with Crippen LogP contribution in [0.1, 0.15) is 109 Å². The Hall–Kier alpha value is -3.26. The molecule has 1 unspecified atom stereocenters. The summed E-state index contributed by atoms with van der Waals surface area (Å²) in [6.07, 6.45) is 15.4. The molecule has 2 aliphatic rings. The van der Waals surface area contributed by atoms with E-state index in [2.05, 4.69) is 22.5 Å². The van der Waals surface area contributed by atoms with E-state index in [-0.39, 0.29) is 17.9 Å². The van der Waals surface area contributed by atoms with E-state index in [1.807, 2.05) is 55.5 Å². The minimum Gasteiger partial charge on any atom is -0.495 e. The summed E-state index contributed by atoms with van der Waals surface area (Å²) in [7, 11) is 1.59. The lowest BCUT2D eigenvalue weighted by molar-refractivity contribution is -0.116. The van der Waals surface area contributed by atoms with Crippen LogP contribution in [-0.4, -0.2) is 41.3 Å². The summed E-state index contributed by atoms with van der Waals surface area (Å²) in [5, 5.41) is 7.12. The average Bonchev–Trinajstić information content (AvgIpc) is 3.03. The maximum atomic E-state index is 13.9. The quantitative estimate of drug-likeness (QED) is 0.173. The number of methoxy groups -OCH3 is 1. The highest BCUT2D eigenvalue weighted by Crippen LogP contribution is 2.40. The van der Waals surface area contributed by atoms with Crippen LogP contribution in [0, 0.1) is 0 Å². The number of hydrogen-bond donors (Lipinski definition) is 2. The predicted molar refractivity (Wildman–Crippen MR) is 184 cm³/mol. The van der Waals surface area contributed by atoms with Crippen LogP contribution < -0.4 is 15.4 Å². The fourth-order valence-corrected chi connectivity index (χ4v) is 7.02. The Morgan fingerprint density at radius 3 is 2.36 bits per heavy atom. The van der Waals surface area contributed by atoms with Crippen molar-refractivity contribution >= 4 is 40.1 Å². The number of thioether (sulfide) groups is 1. The maximum absolute atomic E-state index is 13.9. The summed E-state index contributed by atoms with van der Waals surface area (Å²) < 4.78 is 5.47. The smallest absolute Gasteiger partial charge is 0.255 e. The van der Waals surface area contributed by atoms with Crippen molar-refractivity contribution in [2.75, 3.05) is 30.0 Å². The zero-order chi connectivity index (χ0) is 31.1. The molecule has 7 nitrogen and oxygen atoms in total. The number of unbranched alkanes of at least 4 members (excludes halogenated alkanes) is 10. The van der Waals surface area contributed by atoms with E-state index in [0.29, 0.717) is 29.1 Å². The highest BCUT2D eigenvalue weighted by Gasteiger charge is 2.37.